The van der Waals surface area contributed by atoms with Gasteiger partial charge in [-0.3, -0.25) is 0 Å². The van der Waals surface area contributed by atoms with Crippen LogP contribution < -0.4 is 16.2 Å². The lowest BCUT2D eigenvalue weighted by atomic mass is 10.0. The number of rotatable bonds is 7. The molecule has 0 aliphatic carbocycles. The first-order chi connectivity index (χ1) is 13.7. The summed E-state index contributed by atoms with van der Waals surface area (Å²) in [7, 11) is 0. The van der Waals surface area contributed by atoms with E-state index in [-0.39, 0.29) is 0 Å². The molecule has 0 spiro atoms. The van der Waals surface area contributed by atoms with Gasteiger partial charge in [0.1, 0.15) is 12.4 Å². The van der Waals surface area contributed by atoms with E-state index in [0.29, 0.717) is 18.0 Å². The van der Waals surface area contributed by atoms with Crippen molar-refractivity contribution in [2.24, 2.45) is 5.73 Å². The Morgan fingerprint density at radius 3 is 2.25 bits per heavy atom. The molecule has 0 atom stereocenters. The average molecular weight is 370 g/mol. The van der Waals surface area contributed by atoms with Gasteiger partial charge in [0.25, 0.3) is 0 Å². The molecule has 3 rings (SSSR count). The van der Waals surface area contributed by atoms with Crippen LogP contribution in [-0.2, 0) is 6.61 Å². The maximum atomic E-state index is 6.33. The molecule has 0 aliphatic rings. The van der Waals surface area contributed by atoms with E-state index in [4.69, 9.17) is 16.2 Å². The van der Waals surface area contributed by atoms with Crippen LogP contribution in [0.15, 0.2) is 91.0 Å². The maximum Gasteiger partial charge on any atom is 0.143 e. The van der Waals surface area contributed by atoms with Crippen LogP contribution in [0, 0.1) is 0 Å². The fourth-order valence-electron chi connectivity index (χ4n) is 2.94. The van der Waals surface area contributed by atoms with Crippen molar-refractivity contribution in [2.45, 2.75) is 20.0 Å². The smallest absolute Gasteiger partial charge is 0.143 e. The second kappa shape index (κ2) is 9.47. The molecule has 0 saturated heterocycles. The van der Waals surface area contributed by atoms with Crippen LogP contribution in [-0.4, -0.2) is 0 Å². The molecule has 3 aromatic carbocycles. The van der Waals surface area contributed by atoms with E-state index >= 15 is 0 Å². The summed E-state index contributed by atoms with van der Waals surface area (Å²) in [6.07, 6.45) is 5.06. The highest BCUT2D eigenvalue weighted by Crippen LogP contribution is 2.29. The van der Waals surface area contributed by atoms with Gasteiger partial charge in [-0.15, -0.1) is 0 Å². The maximum absolute atomic E-state index is 6.33. The van der Waals surface area contributed by atoms with Crippen molar-refractivity contribution in [3.63, 3.8) is 0 Å². The zero-order valence-corrected chi connectivity index (χ0v) is 16.1. The lowest BCUT2D eigenvalue weighted by molar-refractivity contribution is 0.308. The predicted molar refractivity (Wildman–Crippen MR) is 119 cm³/mol. The molecule has 0 aromatic heterocycles. The van der Waals surface area contributed by atoms with Crippen LogP contribution in [0.1, 0.15) is 30.0 Å². The Hall–Kier alpha value is -3.46. The summed E-state index contributed by atoms with van der Waals surface area (Å²) in [4.78, 5) is 0. The van der Waals surface area contributed by atoms with Gasteiger partial charge in [0, 0.05) is 5.70 Å². The van der Waals surface area contributed by atoms with Gasteiger partial charge in [0.15, 0.2) is 0 Å². The Morgan fingerprint density at radius 2 is 1.57 bits per heavy atom. The third-order valence-corrected chi connectivity index (χ3v) is 4.43. The van der Waals surface area contributed by atoms with Gasteiger partial charge in [-0.25, -0.2) is 0 Å². The van der Waals surface area contributed by atoms with Gasteiger partial charge in [-0.05, 0) is 46.9 Å². The summed E-state index contributed by atoms with van der Waals surface area (Å²) in [5.41, 5.74) is 18.0. The Kier molecular flexibility index (Phi) is 6.53. The van der Waals surface area contributed by atoms with Gasteiger partial charge in [0.2, 0.25) is 0 Å². The first-order valence-corrected chi connectivity index (χ1v) is 9.46. The molecule has 0 saturated carbocycles. The van der Waals surface area contributed by atoms with Crippen molar-refractivity contribution in [1.82, 2.24) is 0 Å². The molecule has 3 nitrogen and oxygen atoms in total. The van der Waals surface area contributed by atoms with Crippen molar-refractivity contribution in [2.75, 3.05) is 5.73 Å². The Balaban J connectivity index is 1.86. The zero-order valence-electron chi connectivity index (χ0n) is 16.1. The fourth-order valence-corrected chi connectivity index (χ4v) is 2.94. The lowest BCUT2D eigenvalue weighted by Crippen LogP contribution is -2.00. The normalized spacial score (nSPS) is 12.0. The molecule has 3 heteroatoms. The van der Waals surface area contributed by atoms with Crippen molar-refractivity contribution in [3.05, 3.63) is 108 Å². The SMILES string of the molecule is CC/C=C(\C=C(/N)c1ccccc1)c1ccc(N)c(OCc2ccccc2)c1. The molecule has 0 bridgehead atoms. The van der Waals surface area contributed by atoms with Crippen LogP contribution in [0.5, 0.6) is 5.75 Å². The number of hydrogen-bond donors (Lipinski definition) is 2. The molecule has 0 aliphatic heterocycles. The minimum atomic E-state index is 0.476. The summed E-state index contributed by atoms with van der Waals surface area (Å²) in [6.45, 7) is 2.58. The molecular formula is C25H26N2O. The van der Waals surface area contributed by atoms with E-state index in [0.717, 1.165) is 34.4 Å². The van der Waals surface area contributed by atoms with Crippen LogP contribution in [0.25, 0.3) is 11.3 Å². The number of allylic oxidation sites excluding steroid dienone is 3. The molecule has 4 N–H and O–H groups in total. The number of benzene rings is 3. The second-order valence-electron chi connectivity index (χ2n) is 6.56. The van der Waals surface area contributed by atoms with Crippen LogP contribution in [0.2, 0.25) is 0 Å². The van der Waals surface area contributed by atoms with E-state index in [1.165, 1.54) is 0 Å². The first-order valence-electron chi connectivity index (χ1n) is 9.46. The summed E-state index contributed by atoms with van der Waals surface area (Å²) >= 11 is 0. The van der Waals surface area contributed by atoms with Crippen LogP contribution in [0.3, 0.4) is 0 Å². The minimum absolute atomic E-state index is 0.476. The van der Waals surface area contributed by atoms with E-state index in [1.54, 1.807) is 0 Å². The first kappa shape index (κ1) is 19.3. The molecule has 142 valence electrons. The van der Waals surface area contributed by atoms with Crippen LogP contribution in [0.4, 0.5) is 5.69 Å². The third-order valence-electron chi connectivity index (χ3n) is 4.43. The second-order valence-corrected chi connectivity index (χ2v) is 6.56. The van der Waals surface area contributed by atoms with E-state index < -0.39 is 0 Å². The van der Waals surface area contributed by atoms with Gasteiger partial charge in [-0.2, -0.15) is 0 Å². The number of hydrogen-bond acceptors (Lipinski definition) is 3. The van der Waals surface area contributed by atoms with Gasteiger partial charge < -0.3 is 16.2 Å². The molecule has 0 radical (unpaired) electrons. The van der Waals surface area contributed by atoms with Crippen molar-refractivity contribution < 1.29 is 4.74 Å². The number of ether oxygens (including phenoxy) is 1. The largest absolute Gasteiger partial charge is 0.487 e. The van der Waals surface area contributed by atoms with Gasteiger partial charge in [-0.1, -0.05) is 79.7 Å². The van der Waals surface area contributed by atoms with E-state index in [2.05, 4.69) is 13.0 Å². The number of nitrogen functional groups attached to an aromatic ring is 1. The van der Waals surface area contributed by atoms with Crippen molar-refractivity contribution in [3.8, 4) is 5.75 Å². The minimum Gasteiger partial charge on any atom is -0.487 e. The molecule has 0 unspecified atom stereocenters. The quantitative estimate of drug-likeness (QED) is 0.418. The molecule has 28 heavy (non-hydrogen) atoms. The lowest BCUT2D eigenvalue weighted by Gasteiger charge is -2.12. The summed E-state index contributed by atoms with van der Waals surface area (Å²) < 4.78 is 5.98. The van der Waals surface area contributed by atoms with E-state index in [1.807, 2.05) is 84.9 Å². The molecular weight excluding hydrogens is 344 g/mol. The highest BCUT2D eigenvalue weighted by Gasteiger charge is 2.07. The predicted octanol–water partition coefficient (Wildman–Crippen LogP) is 5.64. The Bertz CT molecular complexity index is 960. The highest BCUT2D eigenvalue weighted by molar-refractivity contribution is 5.84. The van der Waals surface area contributed by atoms with Crippen LogP contribution >= 0.6 is 0 Å². The number of anilines is 1. The third kappa shape index (κ3) is 5.04. The van der Waals surface area contributed by atoms with E-state index in [9.17, 15) is 0 Å². The standard InChI is InChI=1S/C25H26N2O/c1-2-9-21(16-24(27)20-12-7-4-8-13-20)22-14-15-23(26)25(17-22)28-18-19-10-5-3-6-11-19/h3-17H,2,18,26-27H2,1H3/b21-9+,24-16-. The molecule has 0 amide bonds. The fraction of sp³-hybridized carbons (Fsp3) is 0.120. The molecule has 0 fully saturated rings. The Morgan fingerprint density at radius 1 is 0.893 bits per heavy atom. The number of nitrogens with two attached hydrogens (primary N) is 2. The monoisotopic (exact) mass is 370 g/mol. The van der Waals surface area contributed by atoms with Gasteiger partial charge >= 0.3 is 0 Å². The Labute approximate surface area is 167 Å². The summed E-state index contributed by atoms with van der Waals surface area (Å²) in [6, 6.07) is 25.9. The summed E-state index contributed by atoms with van der Waals surface area (Å²) in [5, 5.41) is 0. The van der Waals surface area contributed by atoms with Crippen molar-refractivity contribution in [1.29, 1.82) is 0 Å². The zero-order chi connectivity index (χ0) is 19.8. The van der Waals surface area contributed by atoms with Gasteiger partial charge in [0.05, 0.1) is 5.69 Å². The topological polar surface area (TPSA) is 61.3 Å². The highest BCUT2D eigenvalue weighted by atomic mass is 16.5. The van der Waals surface area contributed by atoms with Crippen molar-refractivity contribution >= 4 is 17.0 Å². The molecule has 3 aromatic rings. The molecule has 0 heterocycles. The summed E-state index contributed by atoms with van der Waals surface area (Å²) in [5.74, 6) is 0.676. The average Bonchev–Trinajstić information content (AvgIpc) is 2.74.